The molecule has 3 N–H and O–H groups in total. The minimum absolute atomic E-state index is 0.0693. The predicted molar refractivity (Wildman–Crippen MR) is 86.6 cm³/mol. The number of carbonyl (C=O) groups is 3. The molecule has 1 fully saturated rings. The van der Waals surface area contributed by atoms with Crippen molar-refractivity contribution in [2.45, 2.75) is 42.4 Å². The lowest BCUT2D eigenvalue weighted by Gasteiger charge is -2.22. The predicted octanol–water partition coefficient (Wildman–Crippen LogP) is 2.10. The van der Waals surface area contributed by atoms with Gasteiger partial charge in [0.2, 0.25) is 5.91 Å². The Bertz CT molecular complexity index is 676. The molecule has 7 heteroatoms. The number of anilines is 1. The summed E-state index contributed by atoms with van der Waals surface area (Å²) in [6, 6.07) is 5.13. The fourth-order valence-corrected chi connectivity index (χ4v) is 3.89. The lowest BCUT2D eigenvalue weighted by atomic mass is 10.1. The van der Waals surface area contributed by atoms with Gasteiger partial charge >= 0.3 is 5.97 Å². The van der Waals surface area contributed by atoms with Crippen molar-refractivity contribution in [3.63, 3.8) is 0 Å². The fourth-order valence-electron chi connectivity index (χ4n) is 2.96. The van der Waals surface area contributed by atoms with Crippen LogP contribution in [0, 0.1) is 5.92 Å². The SMILES string of the molecule is CC1Sc2ccc(C(=O)N[C@@H]3CC[C@H](C(=O)O)C3)cc2NC1=O. The zero-order chi connectivity index (χ0) is 16.6. The molecule has 3 rings (SSSR count). The number of fused-ring (bicyclic) bond motifs is 1. The van der Waals surface area contributed by atoms with Gasteiger partial charge in [-0.2, -0.15) is 0 Å². The summed E-state index contributed by atoms with van der Waals surface area (Å²) in [5, 5.41) is 14.5. The first kappa shape index (κ1) is 15.9. The van der Waals surface area contributed by atoms with Crippen LogP contribution in [0.1, 0.15) is 36.5 Å². The molecule has 0 bridgehead atoms. The van der Waals surface area contributed by atoms with Crippen LogP contribution in [0.4, 0.5) is 5.69 Å². The van der Waals surface area contributed by atoms with Crippen LogP contribution in [-0.4, -0.2) is 34.2 Å². The van der Waals surface area contributed by atoms with Crippen LogP contribution in [0.3, 0.4) is 0 Å². The van der Waals surface area contributed by atoms with E-state index in [1.807, 2.05) is 13.0 Å². The number of carboxylic acid groups (broad SMARTS) is 1. The average molecular weight is 334 g/mol. The second-order valence-corrected chi connectivity index (χ2v) is 7.36. The number of carbonyl (C=O) groups excluding carboxylic acids is 2. The van der Waals surface area contributed by atoms with Gasteiger partial charge in [-0.3, -0.25) is 14.4 Å². The van der Waals surface area contributed by atoms with Crippen LogP contribution in [0.2, 0.25) is 0 Å². The molecule has 122 valence electrons. The molecule has 1 aliphatic carbocycles. The maximum Gasteiger partial charge on any atom is 0.306 e. The molecule has 2 amide bonds. The van der Waals surface area contributed by atoms with Crippen molar-refractivity contribution in [2.75, 3.05) is 5.32 Å². The monoisotopic (exact) mass is 334 g/mol. The second-order valence-electron chi connectivity index (χ2n) is 5.98. The van der Waals surface area contributed by atoms with E-state index >= 15 is 0 Å². The first-order chi connectivity index (χ1) is 10.9. The number of amides is 2. The van der Waals surface area contributed by atoms with Crippen LogP contribution in [0.25, 0.3) is 0 Å². The number of hydrogen-bond donors (Lipinski definition) is 3. The van der Waals surface area contributed by atoms with E-state index in [1.165, 1.54) is 11.8 Å². The van der Waals surface area contributed by atoms with Crippen LogP contribution in [0.15, 0.2) is 23.1 Å². The van der Waals surface area contributed by atoms with Gasteiger partial charge in [-0.05, 0) is 44.4 Å². The highest BCUT2D eigenvalue weighted by Crippen LogP contribution is 2.36. The van der Waals surface area contributed by atoms with E-state index in [0.717, 1.165) is 4.90 Å². The largest absolute Gasteiger partial charge is 0.481 e. The maximum atomic E-state index is 12.3. The standard InChI is InChI=1S/C16H18N2O4S/c1-8-14(19)18-12-7-9(3-5-13(12)23-8)15(20)17-11-4-2-10(6-11)16(21)22/h3,5,7-8,10-11H,2,4,6H2,1H3,(H,17,20)(H,18,19)(H,21,22)/t8?,10-,11+/m0/s1. The highest BCUT2D eigenvalue weighted by molar-refractivity contribution is 8.00. The third-order valence-corrected chi connectivity index (χ3v) is 5.47. The summed E-state index contributed by atoms with van der Waals surface area (Å²) in [6.07, 6.45) is 1.74. The number of benzene rings is 1. The maximum absolute atomic E-state index is 12.3. The molecule has 0 aromatic heterocycles. The Morgan fingerprint density at radius 3 is 2.83 bits per heavy atom. The van der Waals surface area contributed by atoms with Crippen LogP contribution in [-0.2, 0) is 9.59 Å². The molecule has 0 radical (unpaired) electrons. The number of carboxylic acids is 1. The molecule has 1 aliphatic heterocycles. The second kappa shape index (κ2) is 6.23. The van der Waals surface area contributed by atoms with Crippen molar-refractivity contribution >= 4 is 35.2 Å². The Kier molecular flexibility index (Phi) is 4.30. The number of thioether (sulfide) groups is 1. The molecule has 1 saturated carbocycles. The van der Waals surface area contributed by atoms with Crippen LogP contribution < -0.4 is 10.6 Å². The van der Waals surface area contributed by atoms with Crippen molar-refractivity contribution in [2.24, 2.45) is 5.92 Å². The van der Waals surface area contributed by atoms with Gasteiger partial charge in [0, 0.05) is 16.5 Å². The number of nitrogens with one attached hydrogen (secondary N) is 2. The van der Waals surface area contributed by atoms with Crippen molar-refractivity contribution in [3.05, 3.63) is 23.8 Å². The Hall–Kier alpha value is -2.02. The van der Waals surface area contributed by atoms with Crippen LogP contribution >= 0.6 is 11.8 Å². The lowest BCUT2D eigenvalue weighted by Crippen LogP contribution is -2.33. The van der Waals surface area contributed by atoms with Gasteiger partial charge in [0.1, 0.15) is 0 Å². The van der Waals surface area contributed by atoms with Gasteiger partial charge in [-0.15, -0.1) is 11.8 Å². The first-order valence-electron chi connectivity index (χ1n) is 7.59. The number of aliphatic carboxylic acids is 1. The fraction of sp³-hybridized carbons (Fsp3) is 0.438. The molecule has 1 unspecified atom stereocenters. The Labute approximate surface area is 138 Å². The molecule has 2 aliphatic rings. The Balaban J connectivity index is 1.68. The summed E-state index contributed by atoms with van der Waals surface area (Å²) in [6.45, 7) is 1.84. The third-order valence-electron chi connectivity index (χ3n) is 4.29. The van der Waals surface area contributed by atoms with Crippen molar-refractivity contribution < 1.29 is 19.5 Å². The van der Waals surface area contributed by atoms with E-state index in [2.05, 4.69) is 10.6 Å². The summed E-state index contributed by atoms with van der Waals surface area (Å²) in [5.41, 5.74) is 1.12. The molecular formula is C16H18N2O4S. The summed E-state index contributed by atoms with van der Waals surface area (Å²) < 4.78 is 0. The third kappa shape index (κ3) is 3.34. The topological polar surface area (TPSA) is 95.5 Å². The normalized spacial score (nSPS) is 26.3. The highest BCUT2D eigenvalue weighted by atomic mass is 32.2. The summed E-state index contributed by atoms with van der Waals surface area (Å²) in [4.78, 5) is 36.0. The summed E-state index contributed by atoms with van der Waals surface area (Å²) >= 11 is 1.47. The average Bonchev–Trinajstić information content (AvgIpc) is 2.96. The van der Waals surface area contributed by atoms with Crippen molar-refractivity contribution in [1.82, 2.24) is 5.32 Å². The molecule has 1 aromatic rings. The number of hydrogen-bond acceptors (Lipinski definition) is 4. The van der Waals surface area contributed by atoms with Gasteiger partial charge in [-0.25, -0.2) is 0 Å². The highest BCUT2D eigenvalue weighted by Gasteiger charge is 2.31. The summed E-state index contributed by atoms with van der Waals surface area (Å²) in [5.74, 6) is -1.48. The first-order valence-corrected chi connectivity index (χ1v) is 8.47. The zero-order valence-electron chi connectivity index (χ0n) is 12.7. The van der Waals surface area contributed by atoms with Crippen molar-refractivity contribution in [3.8, 4) is 0 Å². The van der Waals surface area contributed by atoms with E-state index in [-0.39, 0.29) is 29.0 Å². The van der Waals surface area contributed by atoms with Crippen LogP contribution in [0.5, 0.6) is 0 Å². The van der Waals surface area contributed by atoms with Gasteiger partial charge < -0.3 is 15.7 Å². The molecule has 0 saturated heterocycles. The zero-order valence-corrected chi connectivity index (χ0v) is 13.5. The van der Waals surface area contributed by atoms with E-state index in [1.54, 1.807) is 12.1 Å². The molecule has 3 atom stereocenters. The van der Waals surface area contributed by atoms with Gasteiger partial charge in [0.25, 0.3) is 5.91 Å². The molecule has 1 heterocycles. The van der Waals surface area contributed by atoms with Gasteiger partial charge in [0.15, 0.2) is 0 Å². The minimum atomic E-state index is -0.801. The van der Waals surface area contributed by atoms with E-state index in [0.29, 0.717) is 30.5 Å². The molecule has 1 aromatic carbocycles. The van der Waals surface area contributed by atoms with E-state index in [4.69, 9.17) is 5.11 Å². The molecular weight excluding hydrogens is 316 g/mol. The Morgan fingerprint density at radius 2 is 2.13 bits per heavy atom. The van der Waals surface area contributed by atoms with Gasteiger partial charge in [0.05, 0.1) is 16.9 Å². The van der Waals surface area contributed by atoms with Crippen molar-refractivity contribution in [1.29, 1.82) is 0 Å². The van der Waals surface area contributed by atoms with Gasteiger partial charge in [-0.1, -0.05) is 0 Å². The van der Waals surface area contributed by atoms with E-state index in [9.17, 15) is 14.4 Å². The lowest BCUT2D eigenvalue weighted by molar-refractivity contribution is -0.141. The number of rotatable bonds is 3. The quantitative estimate of drug-likeness (QED) is 0.787. The molecule has 0 spiro atoms. The molecule has 23 heavy (non-hydrogen) atoms. The van der Waals surface area contributed by atoms with E-state index < -0.39 is 5.97 Å². The smallest absolute Gasteiger partial charge is 0.306 e. The minimum Gasteiger partial charge on any atom is -0.481 e. The summed E-state index contributed by atoms with van der Waals surface area (Å²) in [7, 11) is 0. The Morgan fingerprint density at radius 1 is 1.35 bits per heavy atom. The molecule has 6 nitrogen and oxygen atoms in total.